The molecular weight excluding hydrogens is 626 g/mol. The van der Waals surface area contributed by atoms with Gasteiger partial charge in [0.2, 0.25) is 5.91 Å². The van der Waals surface area contributed by atoms with Gasteiger partial charge in [0.05, 0.1) is 17.4 Å². The van der Waals surface area contributed by atoms with Crippen LogP contribution in [0.4, 0.5) is 35.1 Å². The summed E-state index contributed by atoms with van der Waals surface area (Å²) in [6.07, 6.45) is -10.8. The number of likely N-dealkylation sites (tertiary alicyclic amines) is 1. The van der Waals surface area contributed by atoms with Crippen molar-refractivity contribution in [3.05, 3.63) is 77.1 Å². The average molecular weight is 654 g/mol. The van der Waals surface area contributed by atoms with Gasteiger partial charge in [-0.05, 0) is 62.4 Å². The highest BCUT2D eigenvalue weighted by molar-refractivity contribution is 7.92. The first kappa shape index (κ1) is 33.4. The van der Waals surface area contributed by atoms with E-state index in [-0.39, 0.29) is 50.1 Å². The maximum Gasteiger partial charge on any atom is 0.435 e. The first-order valence-electron chi connectivity index (χ1n) is 13.5. The van der Waals surface area contributed by atoms with Crippen LogP contribution in [0.1, 0.15) is 43.7 Å². The van der Waals surface area contributed by atoms with Crippen LogP contribution in [-0.2, 0) is 34.6 Å². The predicted molar refractivity (Wildman–Crippen MR) is 140 cm³/mol. The first-order valence-corrected chi connectivity index (χ1v) is 15.0. The molecule has 0 N–H and O–H groups in total. The SMILES string of the molecule is CCOC(=O)C1CC=C(C(=O)N2CC[C@](c3ccc(C(F)(C(F)(F)F)C(F)(F)F)cc3)(S(=O)(=O)c3ccc(F)cc3)C2)CC1. The minimum Gasteiger partial charge on any atom is -0.466 e. The van der Waals surface area contributed by atoms with Crippen molar-refractivity contribution in [2.75, 3.05) is 19.7 Å². The molecule has 0 saturated carbocycles. The maximum absolute atomic E-state index is 14.7. The van der Waals surface area contributed by atoms with Crippen LogP contribution in [0.2, 0.25) is 0 Å². The van der Waals surface area contributed by atoms with E-state index in [0.717, 1.165) is 24.3 Å². The van der Waals surface area contributed by atoms with Gasteiger partial charge in [0.1, 0.15) is 10.6 Å². The van der Waals surface area contributed by atoms with Crippen molar-refractivity contribution < 1.29 is 57.9 Å². The number of benzene rings is 2. The highest BCUT2D eigenvalue weighted by Crippen LogP contribution is 2.54. The predicted octanol–water partition coefficient (Wildman–Crippen LogP) is 6.31. The molecule has 15 heteroatoms. The molecule has 1 saturated heterocycles. The Balaban J connectivity index is 1.73. The minimum absolute atomic E-state index is 0.169. The normalized spacial score (nSPS) is 21.6. The number of rotatable bonds is 7. The van der Waals surface area contributed by atoms with Crippen molar-refractivity contribution in [2.24, 2.45) is 5.92 Å². The molecular formula is C29H27F8NO5S. The summed E-state index contributed by atoms with van der Waals surface area (Å²) in [6, 6.07) is 5.40. The Hall–Kier alpha value is -3.49. The third kappa shape index (κ3) is 5.70. The van der Waals surface area contributed by atoms with E-state index >= 15 is 0 Å². The van der Waals surface area contributed by atoms with Gasteiger partial charge in [-0.15, -0.1) is 0 Å². The summed E-state index contributed by atoms with van der Waals surface area (Å²) in [4.78, 5) is 26.3. The number of amides is 1. The van der Waals surface area contributed by atoms with Gasteiger partial charge in [-0.1, -0.05) is 30.3 Å². The van der Waals surface area contributed by atoms with Crippen molar-refractivity contribution in [3.8, 4) is 0 Å². The molecule has 6 nitrogen and oxygen atoms in total. The zero-order valence-electron chi connectivity index (χ0n) is 23.1. The number of hydrogen-bond acceptors (Lipinski definition) is 5. The summed E-state index contributed by atoms with van der Waals surface area (Å²) in [6.45, 7) is 1.11. The van der Waals surface area contributed by atoms with Crippen molar-refractivity contribution in [1.82, 2.24) is 4.90 Å². The smallest absolute Gasteiger partial charge is 0.435 e. The highest BCUT2D eigenvalue weighted by Gasteiger charge is 2.73. The van der Waals surface area contributed by atoms with E-state index in [9.17, 15) is 53.1 Å². The lowest BCUT2D eigenvalue weighted by atomic mass is 9.89. The van der Waals surface area contributed by atoms with Crippen LogP contribution in [-0.4, -0.2) is 57.2 Å². The third-order valence-electron chi connectivity index (χ3n) is 8.05. The van der Waals surface area contributed by atoms with Gasteiger partial charge >= 0.3 is 24.0 Å². The number of carbonyl (C=O) groups excluding carboxylic acids is 2. The fraction of sp³-hybridized carbons (Fsp3) is 0.448. The second kappa shape index (κ2) is 11.8. The zero-order chi connectivity index (χ0) is 32.7. The molecule has 2 aromatic carbocycles. The van der Waals surface area contributed by atoms with Crippen LogP contribution in [0.5, 0.6) is 0 Å². The van der Waals surface area contributed by atoms with E-state index in [1.165, 1.54) is 4.90 Å². The van der Waals surface area contributed by atoms with E-state index in [0.29, 0.717) is 24.1 Å². The summed E-state index contributed by atoms with van der Waals surface area (Å²) < 4.78 is 139. The average Bonchev–Trinajstić information content (AvgIpc) is 3.43. The number of alkyl halides is 7. The van der Waals surface area contributed by atoms with Gasteiger partial charge in [0, 0.05) is 24.2 Å². The van der Waals surface area contributed by atoms with E-state index in [1.54, 1.807) is 13.0 Å². The Labute approximate surface area is 247 Å². The lowest BCUT2D eigenvalue weighted by molar-refractivity contribution is -0.348. The van der Waals surface area contributed by atoms with Crippen LogP contribution < -0.4 is 0 Å². The van der Waals surface area contributed by atoms with E-state index in [1.807, 2.05) is 0 Å². The minimum atomic E-state index is -6.37. The van der Waals surface area contributed by atoms with Crippen LogP contribution in [0.15, 0.2) is 65.1 Å². The molecule has 1 heterocycles. The molecule has 1 aliphatic carbocycles. The Morgan fingerprint density at radius 3 is 2.05 bits per heavy atom. The molecule has 0 spiro atoms. The molecule has 2 aromatic rings. The maximum atomic E-state index is 14.7. The number of hydrogen-bond donors (Lipinski definition) is 0. The summed E-state index contributed by atoms with van der Waals surface area (Å²) in [7, 11) is -4.58. The second-order valence-electron chi connectivity index (χ2n) is 10.6. The number of carbonyl (C=O) groups is 2. The summed E-state index contributed by atoms with van der Waals surface area (Å²) in [5.74, 6) is -2.21. The Morgan fingerprint density at radius 2 is 1.55 bits per heavy atom. The number of nitrogens with zero attached hydrogens (tertiary/aromatic N) is 1. The molecule has 1 unspecified atom stereocenters. The van der Waals surface area contributed by atoms with Crippen molar-refractivity contribution in [3.63, 3.8) is 0 Å². The van der Waals surface area contributed by atoms with Crippen molar-refractivity contribution >= 4 is 21.7 Å². The lowest BCUT2D eigenvalue weighted by Gasteiger charge is -2.32. The summed E-state index contributed by atoms with van der Waals surface area (Å²) >= 11 is 0. The van der Waals surface area contributed by atoms with E-state index in [2.05, 4.69) is 0 Å². The van der Waals surface area contributed by atoms with Crippen molar-refractivity contribution in [2.45, 2.75) is 60.3 Å². The zero-order valence-corrected chi connectivity index (χ0v) is 24.0. The van der Waals surface area contributed by atoms with E-state index in [4.69, 9.17) is 4.74 Å². The quantitative estimate of drug-likeness (QED) is 0.199. The molecule has 0 aromatic heterocycles. The second-order valence-corrected chi connectivity index (χ2v) is 12.9. The number of esters is 1. The van der Waals surface area contributed by atoms with Gasteiger partial charge in [-0.3, -0.25) is 9.59 Å². The third-order valence-corrected chi connectivity index (χ3v) is 10.5. The Bertz CT molecular complexity index is 1520. The molecule has 1 amide bonds. The molecule has 0 bridgehead atoms. The summed E-state index contributed by atoms with van der Waals surface area (Å²) in [5, 5.41) is 0. The summed E-state index contributed by atoms with van der Waals surface area (Å²) in [5.41, 5.74) is -7.51. The molecule has 240 valence electrons. The van der Waals surface area contributed by atoms with Gasteiger partial charge in [-0.2, -0.15) is 26.3 Å². The molecule has 44 heavy (non-hydrogen) atoms. The van der Waals surface area contributed by atoms with Gasteiger partial charge in [0.15, 0.2) is 9.84 Å². The molecule has 2 aliphatic rings. The molecule has 1 fully saturated rings. The van der Waals surface area contributed by atoms with Crippen molar-refractivity contribution in [1.29, 1.82) is 0 Å². The number of ether oxygens (including phenoxy) is 1. The first-order chi connectivity index (χ1) is 20.4. The standard InChI is InChI=1S/C29H27F8NO5S/c1-2-43-25(40)19-5-3-18(4-6-19)24(39)38-16-15-26(17-38,44(41,42)23-13-11-22(30)12-14-23)20-7-9-21(10-8-20)27(31,28(32,33)34)29(35,36)37/h3,7-14,19H,2,4-6,15-17H2,1H3/t19?,26-/m0/s1. The van der Waals surface area contributed by atoms with Gasteiger partial charge < -0.3 is 9.64 Å². The Kier molecular flexibility index (Phi) is 8.95. The largest absolute Gasteiger partial charge is 0.466 e. The number of sulfone groups is 1. The Morgan fingerprint density at radius 1 is 0.955 bits per heavy atom. The molecule has 4 rings (SSSR count). The van der Waals surface area contributed by atoms with E-state index < -0.39 is 73.2 Å². The van der Waals surface area contributed by atoms with Gasteiger partial charge in [-0.25, -0.2) is 17.2 Å². The van der Waals surface area contributed by atoms with Gasteiger partial charge in [0.25, 0.3) is 0 Å². The fourth-order valence-corrected chi connectivity index (χ4v) is 7.68. The number of allylic oxidation sites excluding steroid dienone is 1. The fourth-order valence-electron chi connectivity index (χ4n) is 5.60. The van der Waals surface area contributed by atoms with Crippen LogP contribution in [0.25, 0.3) is 0 Å². The lowest BCUT2D eigenvalue weighted by Crippen LogP contribution is -2.50. The molecule has 2 atom stereocenters. The van der Waals surface area contributed by atoms with Crippen LogP contribution in [0, 0.1) is 11.7 Å². The van der Waals surface area contributed by atoms with Crippen LogP contribution in [0.3, 0.4) is 0 Å². The monoisotopic (exact) mass is 653 g/mol. The van der Waals surface area contributed by atoms with Crippen LogP contribution >= 0.6 is 0 Å². The molecule has 0 radical (unpaired) electrons. The molecule has 1 aliphatic heterocycles. The number of halogens is 8. The highest BCUT2D eigenvalue weighted by atomic mass is 32.2. The topological polar surface area (TPSA) is 80.8 Å².